The third-order valence-corrected chi connectivity index (χ3v) is 4.33. The molecule has 1 unspecified atom stereocenters. The zero-order valence-electron chi connectivity index (χ0n) is 12.9. The van der Waals surface area contributed by atoms with Gasteiger partial charge < -0.3 is 4.90 Å². The number of aromatic nitrogens is 2. The van der Waals surface area contributed by atoms with Crippen LogP contribution in [0.1, 0.15) is 12.1 Å². The maximum atomic E-state index is 12.8. The molecule has 1 fully saturated rings. The molecule has 4 heterocycles. The van der Waals surface area contributed by atoms with E-state index in [1.165, 1.54) is 0 Å². The van der Waals surface area contributed by atoms with Gasteiger partial charge in [-0.25, -0.2) is 14.8 Å². The monoisotopic (exact) mass is 305 g/mol. The smallest absolute Gasteiger partial charge is 0.329 e. The number of hydrogen-bond acceptors (Lipinski definition) is 4. The van der Waals surface area contributed by atoms with E-state index in [2.05, 4.69) is 20.2 Å². The molecular weight excluding hydrogens is 289 g/mol. The number of carbonyl (C=O) groups excluding carboxylic acids is 1. The van der Waals surface area contributed by atoms with Crippen LogP contribution in [0.5, 0.6) is 0 Å². The largest absolute Gasteiger partial charge is 0.366 e. The lowest BCUT2D eigenvalue weighted by atomic mass is 9.98. The van der Waals surface area contributed by atoms with Crippen LogP contribution in [0.4, 0.5) is 22.1 Å². The van der Waals surface area contributed by atoms with Crippen molar-refractivity contribution in [1.29, 1.82) is 0 Å². The Balaban J connectivity index is 1.68. The zero-order valence-corrected chi connectivity index (χ0v) is 12.9. The number of pyridine rings is 2. The standard InChI is InChI=1S/C16H16BN5O/c1-10-2-3-13-15(19-10)22(12-5-7-21(13)9-12)16(23)20-14-8-11(17)4-6-18-14/h2-4,6,8,12H,5,7,9H2,1H3,(H,18,20,23). The number of hydrogen-bond donors (Lipinski definition) is 1. The van der Waals surface area contributed by atoms with Crippen molar-refractivity contribution >= 4 is 36.7 Å². The SMILES string of the molecule is [B]c1ccnc(NC(=O)N2c3nc(C)ccc3N3CCC2C3)c1. The first kappa shape index (κ1) is 14.1. The van der Waals surface area contributed by atoms with Crippen molar-refractivity contribution < 1.29 is 4.79 Å². The molecule has 2 aliphatic rings. The van der Waals surface area contributed by atoms with Crippen LogP contribution in [0.2, 0.25) is 0 Å². The average Bonchev–Trinajstić information content (AvgIpc) is 2.92. The summed E-state index contributed by atoms with van der Waals surface area (Å²) in [4.78, 5) is 25.6. The Morgan fingerprint density at radius 3 is 3.09 bits per heavy atom. The van der Waals surface area contributed by atoms with E-state index in [1.807, 2.05) is 19.1 Å². The average molecular weight is 305 g/mol. The molecular formula is C16H16BN5O. The van der Waals surface area contributed by atoms with Gasteiger partial charge in [0, 0.05) is 25.0 Å². The number of anilines is 3. The number of nitrogens with one attached hydrogen (secondary N) is 1. The lowest BCUT2D eigenvalue weighted by Gasteiger charge is -2.35. The third-order valence-electron chi connectivity index (χ3n) is 4.33. The van der Waals surface area contributed by atoms with E-state index in [-0.39, 0.29) is 12.1 Å². The molecule has 114 valence electrons. The number of amides is 2. The molecule has 2 aromatic rings. The van der Waals surface area contributed by atoms with Crippen molar-refractivity contribution in [2.75, 3.05) is 28.2 Å². The minimum absolute atomic E-state index is 0.137. The molecule has 2 aromatic heterocycles. The van der Waals surface area contributed by atoms with E-state index in [1.54, 1.807) is 23.2 Å². The maximum Gasteiger partial charge on any atom is 0.329 e. The van der Waals surface area contributed by atoms with E-state index >= 15 is 0 Å². The number of aryl methyl sites for hydroxylation is 1. The van der Waals surface area contributed by atoms with Gasteiger partial charge in [-0.3, -0.25) is 10.2 Å². The molecule has 2 aliphatic heterocycles. The van der Waals surface area contributed by atoms with Crippen molar-refractivity contribution in [3.05, 3.63) is 36.2 Å². The molecule has 1 atom stereocenters. The fourth-order valence-electron chi connectivity index (χ4n) is 3.25. The van der Waals surface area contributed by atoms with Crippen LogP contribution in [0.25, 0.3) is 0 Å². The molecule has 4 rings (SSSR count). The molecule has 0 aliphatic carbocycles. The highest BCUT2D eigenvalue weighted by Gasteiger charge is 2.40. The van der Waals surface area contributed by atoms with E-state index in [0.29, 0.717) is 11.3 Å². The molecule has 6 nitrogen and oxygen atoms in total. The molecule has 23 heavy (non-hydrogen) atoms. The first-order valence-electron chi connectivity index (χ1n) is 7.66. The molecule has 2 radical (unpaired) electrons. The van der Waals surface area contributed by atoms with Crippen LogP contribution in [0.15, 0.2) is 30.5 Å². The quantitative estimate of drug-likeness (QED) is 0.805. The summed E-state index contributed by atoms with van der Waals surface area (Å²) < 4.78 is 0. The van der Waals surface area contributed by atoms with Crippen LogP contribution in [0.3, 0.4) is 0 Å². The van der Waals surface area contributed by atoms with Crippen molar-refractivity contribution in [3.8, 4) is 0 Å². The highest BCUT2D eigenvalue weighted by atomic mass is 16.2. The van der Waals surface area contributed by atoms with Gasteiger partial charge in [-0.1, -0.05) is 11.5 Å². The summed E-state index contributed by atoms with van der Waals surface area (Å²) in [5.41, 5.74) is 2.47. The minimum atomic E-state index is -0.214. The summed E-state index contributed by atoms with van der Waals surface area (Å²) >= 11 is 0. The zero-order chi connectivity index (χ0) is 16.0. The fourth-order valence-corrected chi connectivity index (χ4v) is 3.25. The van der Waals surface area contributed by atoms with E-state index in [4.69, 9.17) is 7.85 Å². The van der Waals surface area contributed by atoms with Gasteiger partial charge >= 0.3 is 6.03 Å². The minimum Gasteiger partial charge on any atom is -0.366 e. The topological polar surface area (TPSA) is 61.4 Å². The lowest BCUT2D eigenvalue weighted by molar-refractivity contribution is 0.254. The van der Waals surface area contributed by atoms with E-state index in [0.717, 1.165) is 36.7 Å². The normalized spacial score (nSPS) is 18.7. The predicted octanol–water partition coefficient (Wildman–Crippen LogP) is 1.21. The van der Waals surface area contributed by atoms with Crippen molar-refractivity contribution in [1.82, 2.24) is 9.97 Å². The van der Waals surface area contributed by atoms with Crippen LogP contribution >= 0.6 is 0 Å². The molecule has 0 saturated carbocycles. The number of carbonyl (C=O) groups is 1. The maximum absolute atomic E-state index is 12.8. The first-order valence-corrected chi connectivity index (χ1v) is 7.66. The second-order valence-electron chi connectivity index (χ2n) is 5.96. The van der Waals surface area contributed by atoms with Crippen molar-refractivity contribution in [2.24, 2.45) is 0 Å². The second-order valence-corrected chi connectivity index (χ2v) is 5.96. The third kappa shape index (κ3) is 2.42. The van der Waals surface area contributed by atoms with Crippen LogP contribution in [0, 0.1) is 6.92 Å². The van der Waals surface area contributed by atoms with Gasteiger partial charge in [-0.15, -0.1) is 0 Å². The van der Waals surface area contributed by atoms with Gasteiger partial charge in [0.15, 0.2) is 5.82 Å². The van der Waals surface area contributed by atoms with E-state index < -0.39 is 0 Å². The number of rotatable bonds is 1. The van der Waals surface area contributed by atoms with Gasteiger partial charge in [-0.05, 0) is 31.5 Å². The van der Waals surface area contributed by atoms with Gasteiger partial charge in [0.25, 0.3) is 0 Å². The van der Waals surface area contributed by atoms with Crippen LogP contribution in [-0.4, -0.2) is 43.0 Å². The van der Waals surface area contributed by atoms with Crippen molar-refractivity contribution in [3.63, 3.8) is 0 Å². The summed E-state index contributed by atoms with van der Waals surface area (Å²) in [5.74, 6) is 1.17. The highest BCUT2D eigenvalue weighted by Crippen LogP contribution is 2.38. The second kappa shape index (κ2) is 5.26. The molecule has 0 aromatic carbocycles. The summed E-state index contributed by atoms with van der Waals surface area (Å²) in [5, 5.41) is 2.83. The summed E-state index contributed by atoms with van der Waals surface area (Å²) in [6, 6.07) is 7.27. The van der Waals surface area contributed by atoms with Crippen molar-refractivity contribution in [2.45, 2.75) is 19.4 Å². The Morgan fingerprint density at radius 2 is 2.26 bits per heavy atom. The molecule has 1 N–H and O–H groups in total. The summed E-state index contributed by atoms with van der Waals surface area (Å²) in [7, 11) is 5.75. The number of fused-ring (bicyclic) bond motifs is 4. The van der Waals surface area contributed by atoms with Gasteiger partial charge in [-0.2, -0.15) is 0 Å². The Hall–Kier alpha value is -2.57. The first-order chi connectivity index (χ1) is 11.1. The van der Waals surface area contributed by atoms with Gasteiger partial charge in [0.1, 0.15) is 13.7 Å². The van der Waals surface area contributed by atoms with Gasteiger partial charge in [0.2, 0.25) is 0 Å². The Labute approximate surface area is 135 Å². The summed E-state index contributed by atoms with van der Waals surface area (Å²) in [6.07, 6.45) is 2.52. The van der Waals surface area contributed by atoms with Gasteiger partial charge in [0.05, 0.1) is 11.7 Å². The molecule has 2 amide bonds. The number of urea groups is 1. The highest BCUT2D eigenvalue weighted by molar-refractivity contribution is 6.32. The number of nitrogens with zero attached hydrogens (tertiary/aromatic N) is 4. The molecule has 0 spiro atoms. The Bertz CT molecular complexity index is 781. The summed E-state index contributed by atoms with van der Waals surface area (Å²) in [6.45, 7) is 3.72. The molecule has 7 heteroatoms. The molecule has 1 saturated heterocycles. The van der Waals surface area contributed by atoms with E-state index in [9.17, 15) is 4.79 Å². The predicted molar refractivity (Wildman–Crippen MR) is 90.7 cm³/mol. The molecule has 2 bridgehead atoms. The van der Waals surface area contributed by atoms with Crippen LogP contribution < -0.4 is 20.6 Å². The Kier molecular flexibility index (Phi) is 3.21. The lowest BCUT2D eigenvalue weighted by Crippen LogP contribution is -2.48. The Morgan fingerprint density at radius 1 is 1.39 bits per heavy atom. The fraction of sp³-hybridized carbons (Fsp3) is 0.312. The van der Waals surface area contributed by atoms with Crippen LogP contribution in [-0.2, 0) is 0 Å².